The molecular weight excluding hydrogens is 293 g/mol. The van der Waals surface area contributed by atoms with Crippen molar-refractivity contribution < 1.29 is 9.53 Å². The lowest BCUT2D eigenvalue weighted by Crippen LogP contribution is -2.40. The lowest BCUT2D eigenvalue weighted by molar-refractivity contribution is 0.0579. The normalized spacial score (nSPS) is 11.3. The lowest BCUT2D eigenvalue weighted by Gasteiger charge is -2.25. The van der Waals surface area contributed by atoms with E-state index in [4.69, 9.17) is 33.7 Å². The standard InChI is InChI=1S/C10H15Cl2N5O2/c1-10(2,3)19-9(18)17(5-4-13)8-15-6(11)14-7(12)16-8/h4-5,13H2,1-3H3. The number of carbonyl (C=O) groups is 1. The molecular formula is C10H15Cl2N5O2. The second kappa shape index (κ2) is 6.31. The van der Waals surface area contributed by atoms with Crippen molar-refractivity contribution in [2.75, 3.05) is 18.0 Å². The molecule has 7 nitrogen and oxygen atoms in total. The predicted molar refractivity (Wildman–Crippen MR) is 72.5 cm³/mol. The molecule has 0 unspecified atom stereocenters. The Labute approximate surface area is 121 Å². The van der Waals surface area contributed by atoms with Crippen LogP contribution < -0.4 is 10.6 Å². The van der Waals surface area contributed by atoms with Crippen LogP contribution in [0, 0.1) is 0 Å². The van der Waals surface area contributed by atoms with E-state index in [1.54, 1.807) is 20.8 Å². The molecule has 0 aliphatic carbocycles. The second-order valence-electron chi connectivity index (χ2n) is 4.59. The number of halogens is 2. The minimum Gasteiger partial charge on any atom is -0.443 e. The Morgan fingerprint density at radius 2 is 1.79 bits per heavy atom. The molecule has 0 aliphatic heterocycles. The Hall–Kier alpha value is -1.18. The first-order valence-corrected chi connectivity index (χ1v) is 6.26. The van der Waals surface area contributed by atoms with Gasteiger partial charge in [0.15, 0.2) is 0 Å². The smallest absolute Gasteiger partial charge is 0.417 e. The third-order valence-corrected chi connectivity index (χ3v) is 2.12. The molecule has 19 heavy (non-hydrogen) atoms. The quantitative estimate of drug-likeness (QED) is 0.916. The molecule has 0 bridgehead atoms. The highest BCUT2D eigenvalue weighted by Gasteiger charge is 2.25. The van der Waals surface area contributed by atoms with Gasteiger partial charge in [0.1, 0.15) is 5.60 Å². The number of aromatic nitrogens is 3. The summed E-state index contributed by atoms with van der Waals surface area (Å²) >= 11 is 11.4. The van der Waals surface area contributed by atoms with Gasteiger partial charge in [-0.15, -0.1) is 0 Å². The van der Waals surface area contributed by atoms with Gasteiger partial charge in [0.2, 0.25) is 16.5 Å². The van der Waals surface area contributed by atoms with E-state index in [0.29, 0.717) is 0 Å². The predicted octanol–water partition coefficient (Wildman–Crippen LogP) is 1.88. The summed E-state index contributed by atoms with van der Waals surface area (Å²) in [5.41, 5.74) is 4.81. The molecule has 106 valence electrons. The van der Waals surface area contributed by atoms with Gasteiger partial charge in [-0.2, -0.15) is 15.0 Å². The van der Waals surface area contributed by atoms with Gasteiger partial charge in [-0.25, -0.2) is 9.69 Å². The largest absolute Gasteiger partial charge is 0.443 e. The van der Waals surface area contributed by atoms with Crippen molar-refractivity contribution in [2.45, 2.75) is 26.4 Å². The summed E-state index contributed by atoms with van der Waals surface area (Å²) in [6.07, 6.45) is -0.628. The fourth-order valence-electron chi connectivity index (χ4n) is 1.16. The van der Waals surface area contributed by atoms with Crippen molar-refractivity contribution in [3.63, 3.8) is 0 Å². The molecule has 0 aliphatic rings. The molecule has 9 heteroatoms. The number of ether oxygens (including phenoxy) is 1. The van der Waals surface area contributed by atoms with Gasteiger partial charge in [0.25, 0.3) is 0 Å². The van der Waals surface area contributed by atoms with E-state index in [0.717, 1.165) is 4.90 Å². The maximum atomic E-state index is 12.0. The molecule has 0 radical (unpaired) electrons. The van der Waals surface area contributed by atoms with Gasteiger partial charge in [-0.1, -0.05) is 0 Å². The fraction of sp³-hybridized carbons (Fsp3) is 0.600. The van der Waals surface area contributed by atoms with Crippen LogP contribution in [0.1, 0.15) is 20.8 Å². The Morgan fingerprint density at radius 3 is 2.21 bits per heavy atom. The van der Waals surface area contributed by atoms with Gasteiger partial charge in [0.05, 0.1) is 0 Å². The van der Waals surface area contributed by atoms with Crippen molar-refractivity contribution in [1.82, 2.24) is 15.0 Å². The van der Waals surface area contributed by atoms with E-state index in [1.807, 2.05) is 0 Å². The summed E-state index contributed by atoms with van der Waals surface area (Å²) in [5.74, 6) is 0.00435. The Kier molecular flexibility index (Phi) is 5.28. The van der Waals surface area contributed by atoms with E-state index in [2.05, 4.69) is 15.0 Å². The average molecular weight is 308 g/mol. The van der Waals surface area contributed by atoms with Crippen LogP contribution in [0.3, 0.4) is 0 Å². The van der Waals surface area contributed by atoms with Crippen LogP contribution >= 0.6 is 23.2 Å². The number of amides is 1. The summed E-state index contributed by atoms with van der Waals surface area (Å²) < 4.78 is 5.23. The molecule has 2 N–H and O–H groups in total. The number of nitrogens with two attached hydrogens (primary N) is 1. The van der Waals surface area contributed by atoms with Crippen LogP contribution in [0.15, 0.2) is 0 Å². The van der Waals surface area contributed by atoms with Crippen molar-refractivity contribution in [3.8, 4) is 0 Å². The maximum absolute atomic E-state index is 12.0. The van der Waals surface area contributed by atoms with E-state index in [9.17, 15) is 4.79 Å². The van der Waals surface area contributed by atoms with Crippen LogP contribution in [0.25, 0.3) is 0 Å². The van der Waals surface area contributed by atoms with Gasteiger partial charge in [-0.3, -0.25) is 0 Å². The molecule has 1 amide bonds. The van der Waals surface area contributed by atoms with Gasteiger partial charge in [0, 0.05) is 13.1 Å². The van der Waals surface area contributed by atoms with Crippen LogP contribution in [0.4, 0.5) is 10.7 Å². The van der Waals surface area contributed by atoms with Crippen LogP contribution in [0.2, 0.25) is 10.6 Å². The average Bonchev–Trinajstić information content (AvgIpc) is 2.21. The van der Waals surface area contributed by atoms with Crippen LogP contribution in [0.5, 0.6) is 0 Å². The Balaban J connectivity index is 3.02. The molecule has 0 spiro atoms. The number of anilines is 1. The van der Waals surface area contributed by atoms with Crippen molar-refractivity contribution >= 4 is 35.2 Å². The Bertz CT molecular complexity index is 443. The summed E-state index contributed by atoms with van der Waals surface area (Å²) in [5, 5.41) is -0.221. The van der Waals surface area contributed by atoms with Crippen LogP contribution in [-0.4, -0.2) is 39.7 Å². The topological polar surface area (TPSA) is 94.2 Å². The first-order valence-electron chi connectivity index (χ1n) is 5.50. The highest BCUT2D eigenvalue weighted by molar-refractivity contribution is 6.31. The maximum Gasteiger partial charge on any atom is 0.417 e. The number of nitrogens with zero attached hydrogens (tertiary/aromatic N) is 4. The number of hydrogen-bond donors (Lipinski definition) is 1. The van der Waals surface area contributed by atoms with Crippen molar-refractivity contribution in [2.24, 2.45) is 5.73 Å². The lowest BCUT2D eigenvalue weighted by atomic mass is 10.2. The molecule has 1 aromatic heterocycles. The molecule has 0 atom stereocenters. The summed E-state index contributed by atoms with van der Waals surface area (Å²) in [6.45, 7) is 5.63. The minimum absolute atomic E-state index is 0.00435. The molecule has 1 rings (SSSR count). The summed E-state index contributed by atoms with van der Waals surface area (Å²) in [4.78, 5) is 24.5. The first-order chi connectivity index (χ1) is 8.73. The number of carbonyl (C=O) groups excluding carboxylic acids is 1. The summed E-state index contributed by atoms with van der Waals surface area (Å²) in [6, 6.07) is 0. The van der Waals surface area contributed by atoms with Gasteiger partial charge < -0.3 is 10.5 Å². The number of hydrogen-bond acceptors (Lipinski definition) is 6. The second-order valence-corrected chi connectivity index (χ2v) is 5.27. The zero-order valence-corrected chi connectivity index (χ0v) is 12.4. The highest BCUT2D eigenvalue weighted by atomic mass is 35.5. The Morgan fingerprint density at radius 1 is 1.26 bits per heavy atom. The molecule has 0 aromatic carbocycles. The summed E-state index contributed by atoms with van der Waals surface area (Å²) in [7, 11) is 0. The number of rotatable bonds is 3. The highest BCUT2D eigenvalue weighted by Crippen LogP contribution is 2.17. The molecule has 0 saturated carbocycles. The zero-order valence-electron chi connectivity index (χ0n) is 10.9. The van der Waals surface area contributed by atoms with Crippen molar-refractivity contribution in [1.29, 1.82) is 0 Å². The van der Waals surface area contributed by atoms with Gasteiger partial charge in [-0.05, 0) is 44.0 Å². The first kappa shape index (κ1) is 15.9. The molecule has 0 saturated heterocycles. The van der Waals surface area contributed by atoms with E-state index in [-0.39, 0.29) is 29.6 Å². The fourth-order valence-corrected chi connectivity index (χ4v) is 1.51. The third kappa shape index (κ3) is 5.14. The SMILES string of the molecule is CC(C)(C)OC(=O)N(CCN)c1nc(Cl)nc(Cl)n1. The minimum atomic E-state index is -0.648. The molecule has 1 aromatic rings. The van der Waals surface area contributed by atoms with E-state index >= 15 is 0 Å². The van der Waals surface area contributed by atoms with Gasteiger partial charge >= 0.3 is 6.09 Å². The van der Waals surface area contributed by atoms with Crippen LogP contribution in [-0.2, 0) is 4.74 Å². The van der Waals surface area contributed by atoms with Crippen molar-refractivity contribution in [3.05, 3.63) is 10.6 Å². The monoisotopic (exact) mass is 307 g/mol. The zero-order chi connectivity index (χ0) is 14.6. The molecule has 1 heterocycles. The molecule has 0 fully saturated rings. The third-order valence-electron chi connectivity index (χ3n) is 1.78. The van der Waals surface area contributed by atoms with E-state index in [1.165, 1.54) is 0 Å². The van der Waals surface area contributed by atoms with E-state index < -0.39 is 11.7 Å².